The molecule has 7 heteroatoms. The number of carbonyl (C=O) groups is 1. The average molecular weight is 512 g/mol. The number of hydrogen-bond donors (Lipinski definition) is 0. The quantitative estimate of drug-likeness (QED) is 0.474. The lowest BCUT2D eigenvalue weighted by Crippen LogP contribution is -2.47. The number of benzene rings is 2. The summed E-state index contributed by atoms with van der Waals surface area (Å²) in [6, 6.07) is 16.7. The van der Waals surface area contributed by atoms with Gasteiger partial charge < -0.3 is 9.64 Å². The number of nitrogens with zero attached hydrogens (tertiary/aromatic N) is 3. The van der Waals surface area contributed by atoms with Crippen LogP contribution in [0.15, 0.2) is 57.5 Å². The lowest BCUT2D eigenvalue weighted by atomic mass is 9.86. The number of allylic oxidation sites excluding steroid dienone is 1. The van der Waals surface area contributed by atoms with E-state index in [1.54, 1.807) is 23.8 Å². The third-order valence-corrected chi connectivity index (χ3v) is 7.63. The molecule has 0 aromatic heterocycles. The van der Waals surface area contributed by atoms with Gasteiger partial charge in [0.1, 0.15) is 5.75 Å². The molecule has 0 unspecified atom stereocenters. The van der Waals surface area contributed by atoms with Crippen LogP contribution in [0.4, 0.5) is 5.69 Å². The third kappa shape index (κ3) is 4.53. The van der Waals surface area contributed by atoms with Gasteiger partial charge in [-0.1, -0.05) is 53.2 Å². The Labute approximate surface area is 202 Å². The van der Waals surface area contributed by atoms with Crippen LogP contribution in [-0.2, 0) is 11.2 Å². The highest BCUT2D eigenvalue weighted by molar-refractivity contribution is 9.10. The van der Waals surface area contributed by atoms with Crippen molar-refractivity contribution < 1.29 is 9.53 Å². The summed E-state index contributed by atoms with van der Waals surface area (Å²) in [6.45, 7) is 2.66. The predicted molar refractivity (Wildman–Crippen MR) is 132 cm³/mol. The maximum absolute atomic E-state index is 13.2. The molecule has 0 radical (unpaired) electrons. The molecule has 1 fully saturated rings. The van der Waals surface area contributed by atoms with E-state index in [1.807, 2.05) is 18.2 Å². The van der Waals surface area contributed by atoms with Gasteiger partial charge in [0.05, 0.1) is 36.3 Å². The van der Waals surface area contributed by atoms with Gasteiger partial charge in [-0.05, 0) is 48.7 Å². The van der Waals surface area contributed by atoms with E-state index >= 15 is 0 Å². The molecule has 2 aromatic carbocycles. The normalized spacial score (nSPS) is 18.4. The predicted octanol–water partition coefficient (Wildman–Crippen LogP) is 6.02. The van der Waals surface area contributed by atoms with Crippen LogP contribution in [0.3, 0.4) is 0 Å². The molecule has 2 aromatic rings. The first-order valence-corrected chi connectivity index (χ1v) is 12.6. The molecule has 0 aliphatic carbocycles. The zero-order valence-corrected chi connectivity index (χ0v) is 20.7. The summed E-state index contributed by atoms with van der Waals surface area (Å²) in [5.41, 5.74) is 3.94. The van der Waals surface area contributed by atoms with Gasteiger partial charge in [0.15, 0.2) is 0 Å². The number of ether oxygens (including phenoxy) is 1. The first-order valence-electron chi connectivity index (χ1n) is 10.8. The number of carbonyl (C=O) groups excluding carboxylic acids is 1. The summed E-state index contributed by atoms with van der Waals surface area (Å²) >= 11 is 5.07. The smallest absolute Gasteiger partial charge is 0.229 e. The molecule has 1 atom stereocenters. The van der Waals surface area contributed by atoms with Crippen LogP contribution >= 0.6 is 27.7 Å². The fraction of sp³-hybridized carbons (Fsp3) is 0.360. The van der Waals surface area contributed by atoms with Crippen molar-refractivity contribution in [3.63, 3.8) is 0 Å². The Hall–Kier alpha value is -2.43. The molecule has 2 heterocycles. The minimum absolute atomic E-state index is 0.0304. The van der Waals surface area contributed by atoms with Crippen molar-refractivity contribution in [3.05, 3.63) is 68.7 Å². The number of halogens is 1. The molecule has 2 aliphatic rings. The summed E-state index contributed by atoms with van der Waals surface area (Å²) in [4.78, 5) is 17.1. The lowest BCUT2D eigenvalue weighted by molar-refractivity contribution is -0.129. The van der Waals surface area contributed by atoms with Crippen molar-refractivity contribution >= 4 is 39.3 Å². The Morgan fingerprint density at radius 3 is 2.72 bits per heavy atom. The Balaban J connectivity index is 1.60. The van der Waals surface area contributed by atoms with Crippen LogP contribution < -0.4 is 9.64 Å². The molecule has 5 nitrogen and oxygen atoms in total. The summed E-state index contributed by atoms with van der Waals surface area (Å²) in [6.07, 6.45) is 3.72. The lowest BCUT2D eigenvalue weighted by Gasteiger charge is -2.42. The number of thioether (sulfide) groups is 1. The van der Waals surface area contributed by atoms with Gasteiger partial charge in [0, 0.05) is 28.1 Å². The van der Waals surface area contributed by atoms with Crippen molar-refractivity contribution in [3.8, 4) is 11.8 Å². The Morgan fingerprint density at radius 1 is 1.25 bits per heavy atom. The zero-order chi connectivity index (χ0) is 22.7. The number of methoxy groups -OCH3 is 1. The van der Waals surface area contributed by atoms with E-state index in [4.69, 9.17) is 4.74 Å². The molecule has 1 amide bonds. The average Bonchev–Trinajstić information content (AvgIpc) is 2.82. The molecule has 32 heavy (non-hydrogen) atoms. The monoisotopic (exact) mass is 511 g/mol. The number of hydrogen-bond acceptors (Lipinski definition) is 5. The van der Waals surface area contributed by atoms with Gasteiger partial charge in [-0.2, -0.15) is 5.26 Å². The van der Waals surface area contributed by atoms with Crippen LogP contribution in [0.1, 0.15) is 43.2 Å². The van der Waals surface area contributed by atoms with Gasteiger partial charge in [0.2, 0.25) is 5.91 Å². The number of amides is 1. The molecule has 0 spiro atoms. The summed E-state index contributed by atoms with van der Waals surface area (Å²) in [5.74, 6) is 1.12. The van der Waals surface area contributed by atoms with Crippen molar-refractivity contribution in [1.29, 1.82) is 5.26 Å². The van der Waals surface area contributed by atoms with Crippen LogP contribution in [0.5, 0.6) is 5.75 Å². The Morgan fingerprint density at radius 2 is 2.03 bits per heavy atom. The molecule has 1 saturated heterocycles. The second-order valence-electron chi connectivity index (χ2n) is 8.02. The van der Waals surface area contributed by atoms with Gasteiger partial charge in [-0.25, -0.2) is 0 Å². The Bertz CT molecular complexity index is 1080. The minimum atomic E-state index is -0.303. The number of fused-ring (bicyclic) bond motifs is 1. The minimum Gasteiger partial charge on any atom is -0.496 e. The number of aryl methyl sites for hydroxylation is 1. The highest BCUT2D eigenvalue weighted by Gasteiger charge is 2.39. The van der Waals surface area contributed by atoms with Crippen molar-refractivity contribution in [2.24, 2.45) is 0 Å². The first-order chi connectivity index (χ1) is 15.5. The zero-order valence-electron chi connectivity index (χ0n) is 18.3. The van der Waals surface area contributed by atoms with Gasteiger partial charge in [0.25, 0.3) is 0 Å². The van der Waals surface area contributed by atoms with Gasteiger partial charge in [-0.15, -0.1) is 0 Å². The largest absolute Gasteiger partial charge is 0.496 e. The molecule has 166 valence electrons. The molecule has 2 aliphatic heterocycles. The fourth-order valence-electron chi connectivity index (χ4n) is 4.22. The highest BCUT2D eigenvalue weighted by Crippen LogP contribution is 2.45. The third-order valence-electron chi connectivity index (χ3n) is 5.98. The molecule has 0 saturated carbocycles. The van der Waals surface area contributed by atoms with Crippen molar-refractivity contribution in [2.75, 3.05) is 24.6 Å². The topological polar surface area (TPSA) is 56.6 Å². The van der Waals surface area contributed by atoms with E-state index in [2.05, 4.69) is 58.1 Å². The SMILES string of the molecule is CCCCc1ccc(N2CSC3=C(C#N)[C@@H](c4cc(Br)ccc4OC)CC(=O)N3C2)cc1. The first kappa shape index (κ1) is 22.8. The summed E-state index contributed by atoms with van der Waals surface area (Å²) in [7, 11) is 1.61. The van der Waals surface area contributed by atoms with E-state index in [1.165, 1.54) is 18.4 Å². The van der Waals surface area contributed by atoms with Crippen molar-refractivity contribution in [2.45, 2.75) is 38.5 Å². The maximum Gasteiger partial charge on any atom is 0.229 e. The van der Waals surface area contributed by atoms with E-state index < -0.39 is 0 Å². The van der Waals surface area contributed by atoms with E-state index in [0.717, 1.165) is 27.2 Å². The van der Waals surface area contributed by atoms with E-state index in [-0.39, 0.29) is 18.2 Å². The molecular formula is C25H26BrN3O2S. The fourth-order valence-corrected chi connectivity index (χ4v) is 5.77. The Kier molecular flexibility index (Phi) is 7.12. The van der Waals surface area contributed by atoms with Crippen LogP contribution in [0, 0.1) is 11.3 Å². The number of rotatable bonds is 6. The molecule has 0 N–H and O–H groups in total. The van der Waals surface area contributed by atoms with Crippen LogP contribution in [0.25, 0.3) is 0 Å². The van der Waals surface area contributed by atoms with Gasteiger partial charge >= 0.3 is 0 Å². The van der Waals surface area contributed by atoms with E-state index in [9.17, 15) is 10.1 Å². The molecule has 0 bridgehead atoms. The summed E-state index contributed by atoms with van der Waals surface area (Å²) in [5, 5.41) is 10.8. The van der Waals surface area contributed by atoms with Crippen LogP contribution in [-0.4, -0.2) is 30.5 Å². The standard InChI is InChI=1S/C25H26BrN3O2S/c1-3-4-5-17-6-9-19(10-7-17)28-15-29-24(30)13-20(22(14-27)25(29)32-16-28)21-12-18(26)8-11-23(21)31-2/h6-12,20H,3-5,13,15-16H2,1-2H3/t20-/m1/s1. The highest BCUT2D eigenvalue weighted by atomic mass is 79.9. The second kappa shape index (κ2) is 10.0. The maximum atomic E-state index is 13.2. The van der Waals surface area contributed by atoms with E-state index in [0.29, 0.717) is 23.9 Å². The van der Waals surface area contributed by atoms with Crippen LogP contribution in [0.2, 0.25) is 0 Å². The van der Waals surface area contributed by atoms with Gasteiger partial charge in [-0.3, -0.25) is 9.69 Å². The number of nitriles is 1. The number of anilines is 1. The summed E-state index contributed by atoms with van der Waals surface area (Å²) < 4.78 is 6.43. The van der Waals surface area contributed by atoms with Crippen molar-refractivity contribution in [1.82, 2.24) is 4.90 Å². The second-order valence-corrected chi connectivity index (χ2v) is 9.87. The molecular weight excluding hydrogens is 486 g/mol. The number of unbranched alkanes of at least 4 members (excludes halogenated alkanes) is 1. The molecule has 4 rings (SSSR count).